The van der Waals surface area contributed by atoms with Gasteiger partial charge >= 0.3 is 0 Å². The molecule has 1 saturated heterocycles. The van der Waals surface area contributed by atoms with Gasteiger partial charge in [0.25, 0.3) is 5.24 Å². The van der Waals surface area contributed by atoms with E-state index in [1.165, 1.54) is 16.0 Å². The Kier molecular flexibility index (Phi) is 4.32. The van der Waals surface area contributed by atoms with Crippen LogP contribution in [0.2, 0.25) is 0 Å². The second-order valence-corrected chi connectivity index (χ2v) is 7.55. The molecular weight excluding hydrogens is 344 g/mol. The zero-order valence-corrected chi connectivity index (χ0v) is 15.6. The smallest absolute Gasteiger partial charge is 0.289 e. The summed E-state index contributed by atoms with van der Waals surface area (Å²) in [5.74, 6) is 0. The molecule has 1 amide bonds. The number of thioether (sulfide) groups is 1. The Hall–Kier alpha value is -2.53. The summed E-state index contributed by atoms with van der Waals surface area (Å²) in [7, 11) is 1.69. The molecule has 1 atom stereocenters. The van der Waals surface area contributed by atoms with Gasteiger partial charge in [0.1, 0.15) is 6.04 Å². The number of amides is 1. The third-order valence-electron chi connectivity index (χ3n) is 5.01. The molecule has 2 heterocycles. The predicted octanol–water partition coefficient (Wildman–Crippen LogP) is 4.62. The van der Waals surface area contributed by atoms with E-state index >= 15 is 0 Å². The van der Waals surface area contributed by atoms with Crippen molar-refractivity contribution in [3.8, 4) is 0 Å². The summed E-state index contributed by atoms with van der Waals surface area (Å²) in [5, 5.41) is 0.735. The SMILES string of the molecule is CCc1ccc(Cn2ccc3c(C4C(=O)SC(=O)N4C)cccc32)cc1. The van der Waals surface area contributed by atoms with Gasteiger partial charge in [-0.05, 0) is 35.2 Å². The van der Waals surface area contributed by atoms with Crippen LogP contribution in [0.25, 0.3) is 10.9 Å². The van der Waals surface area contributed by atoms with Crippen LogP contribution in [0, 0.1) is 0 Å². The number of nitrogens with zero attached hydrogens (tertiary/aromatic N) is 2. The van der Waals surface area contributed by atoms with Gasteiger partial charge in [0.15, 0.2) is 0 Å². The summed E-state index contributed by atoms with van der Waals surface area (Å²) in [6.07, 6.45) is 3.09. The van der Waals surface area contributed by atoms with Gasteiger partial charge in [-0.2, -0.15) is 0 Å². The van der Waals surface area contributed by atoms with Crippen LogP contribution in [0.3, 0.4) is 0 Å². The zero-order chi connectivity index (χ0) is 18.3. The summed E-state index contributed by atoms with van der Waals surface area (Å²) in [4.78, 5) is 25.7. The summed E-state index contributed by atoms with van der Waals surface area (Å²) in [6, 6.07) is 16.2. The molecule has 0 aliphatic carbocycles. The molecule has 132 valence electrons. The Morgan fingerprint density at radius 1 is 1.00 bits per heavy atom. The van der Waals surface area contributed by atoms with Crippen LogP contribution in [0.4, 0.5) is 4.79 Å². The lowest BCUT2D eigenvalue weighted by Crippen LogP contribution is -2.23. The van der Waals surface area contributed by atoms with E-state index in [9.17, 15) is 9.59 Å². The molecule has 1 fully saturated rings. The minimum absolute atomic E-state index is 0.104. The van der Waals surface area contributed by atoms with Gasteiger partial charge in [-0.15, -0.1) is 0 Å². The maximum absolute atomic E-state index is 12.3. The molecule has 1 unspecified atom stereocenters. The molecule has 0 saturated carbocycles. The molecule has 3 aromatic rings. The minimum atomic E-state index is -0.504. The first kappa shape index (κ1) is 16.9. The Morgan fingerprint density at radius 3 is 2.38 bits per heavy atom. The number of hydrogen-bond acceptors (Lipinski definition) is 3. The van der Waals surface area contributed by atoms with E-state index in [2.05, 4.69) is 48.0 Å². The van der Waals surface area contributed by atoms with Crippen LogP contribution in [0.15, 0.2) is 54.7 Å². The Morgan fingerprint density at radius 2 is 1.73 bits per heavy atom. The van der Waals surface area contributed by atoms with Crippen LogP contribution < -0.4 is 0 Å². The fourth-order valence-corrected chi connectivity index (χ4v) is 4.33. The van der Waals surface area contributed by atoms with E-state index in [-0.39, 0.29) is 10.4 Å². The number of carbonyl (C=O) groups is 2. The monoisotopic (exact) mass is 364 g/mol. The summed E-state index contributed by atoms with van der Waals surface area (Å²) in [6.45, 7) is 2.93. The Bertz CT molecular complexity index is 991. The average Bonchev–Trinajstić information content (AvgIpc) is 3.16. The van der Waals surface area contributed by atoms with Crippen molar-refractivity contribution in [2.45, 2.75) is 25.9 Å². The highest BCUT2D eigenvalue weighted by Crippen LogP contribution is 2.38. The number of benzene rings is 2. The molecule has 1 aliphatic heterocycles. The maximum atomic E-state index is 12.3. The van der Waals surface area contributed by atoms with Gasteiger partial charge < -0.3 is 9.47 Å². The van der Waals surface area contributed by atoms with Crippen molar-refractivity contribution < 1.29 is 9.59 Å². The number of aryl methyl sites for hydroxylation is 1. The van der Waals surface area contributed by atoms with Crippen molar-refractivity contribution in [3.05, 3.63) is 71.4 Å². The largest absolute Gasteiger partial charge is 0.343 e. The predicted molar refractivity (Wildman–Crippen MR) is 105 cm³/mol. The lowest BCUT2D eigenvalue weighted by Gasteiger charge is -2.18. The number of likely N-dealkylation sites (N-methyl/N-ethyl adjacent to an activating group) is 1. The normalized spacial score (nSPS) is 17.5. The fraction of sp³-hybridized carbons (Fsp3) is 0.238. The summed E-state index contributed by atoms with van der Waals surface area (Å²) < 4.78 is 2.19. The number of rotatable bonds is 4. The topological polar surface area (TPSA) is 42.3 Å². The summed E-state index contributed by atoms with van der Waals surface area (Å²) in [5.41, 5.74) is 4.55. The molecule has 1 aromatic heterocycles. The van der Waals surface area contributed by atoms with Crippen LogP contribution >= 0.6 is 11.8 Å². The molecule has 4 rings (SSSR count). The molecule has 0 spiro atoms. The highest BCUT2D eigenvalue weighted by molar-refractivity contribution is 8.26. The van der Waals surface area contributed by atoms with Crippen LogP contribution in [0.5, 0.6) is 0 Å². The quantitative estimate of drug-likeness (QED) is 0.678. The van der Waals surface area contributed by atoms with Gasteiger partial charge in [0.05, 0.1) is 0 Å². The molecule has 4 nitrogen and oxygen atoms in total. The van der Waals surface area contributed by atoms with Crippen LogP contribution in [0.1, 0.15) is 29.7 Å². The van der Waals surface area contributed by atoms with Crippen molar-refractivity contribution in [1.82, 2.24) is 9.47 Å². The molecule has 2 aromatic carbocycles. The Labute approximate surface area is 156 Å². The third-order valence-corrected chi connectivity index (χ3v) is 5.90. The van der Waals surface area contributed by atoms with Gasteiger partial charge in [0.2, 0.25) is 5.12 Å². The van der Waals surface area contributed by atoms with Gasteiger partial charge in [-0.25, -0.2) is 0 Å². The number of carbonyl (C=O) groups excluding carboxylic acids is 2. The van der Waals surface area contributed by atoms with Crippen LogP contribution in [-0.2, 0) is 17.8 Å². The molecule has 0 bridgehead atoms. The molecule has 5 heteroatoms. The van der Waals surface area contributed by atoms with Gasteiger partial charge in [-0.3, -0.25) is 9.59 Å². The standard InChI is InChI=1S/C21H20N2O2S/c1-3-14-7-9-15(10-8-14)13-23-12-11-16-17(5-4-6-18(16)23)19-20(24)26-21(25)22(19)2/h4-12,19H,3,13H2,1-2H3. The minimum Gasteiger partial charge on any atom is -0.343 e. The van der Waals surface area contributed by atoms with Gasteiger partial charge in [0, 0.05) is 42.5 Å². The fourth-order valence-electron chi connectivity index (χ4n) is 3.51. The van der Waals surface area contributed by atoms with E-state index in [1.54, 1.807) is 7.05 Å². The molecule has 0 radical (unpaired) electrons. The van der Waals surface area contributed by atoms with E-state index in [4.69, 9.17) is 0 Å². The second-order valence-electron chi connectivity index (χ2n) is 6.59. The maximum Gasteiger partial charge on any atom is 0.289 e. The van der Waals surface area contributed by atoms with E-state index in [1.807, 2.05) is 18.2 Å². The number of aromatic nitrogens is 1. The van der Waals surface area contributed by atoms with Crippen molar-refractivity contribution in [2.75, 3.05) is 7.05 Å². The summed E-state index contributed by atoms with van der Waals surface area (Å²) >= 11 is 0.794. The number of fused-ring (bicyclic) bond motifs is 1. The van der Waals surface area contributed by atoms with Crippen LogP contribution in [-0.4, -0.2) is 26.9 Å². The van der Waals surface area contributed by atoms with Crippen molar-refractivity contribution in [1.29, 1.82) is 0 Å². The first-order valence-electron chi connectivity index (χ1n) is 8.72. The van der Waals surface area contributed by atoms with Crippen molar-refractivity contribution >= 4 is 33.0 Å². The lowest BCUT2D eigenvalue weighted by atomic mass is 10.0. The second kappa shape index (κ2) is 6.65. The van der Waals surface area contributed by atoms with Gasteiger partial charge in [-0.1, -0.05) is 43.3 Å². The highest BCUT2D eigenvalue weighted by atomic mass is 32.2. The van der Waals surface area contributed by atoms with E-state index in [0.717, 1.165) is 41.2 Å². The molecule has 1 aliphatic rings. The lowest BCUT2D eigenvalue weighted by molar-refractivity contribution is -0.113. The molecular formula is C21H20N2O2S. The molecule has 0 N–H and O–H groups in total. The molecule has 26 heavy (non-hydrogen) atoms. The highest BCUT2D eigenvalue weighted by Gasteiger charge is 2.39. The average molecular weight is 364 g/mol. The first-order chi connectivity index (χ1) is 12.6. The first-order valence-corrected chi connectivity index (χ1v) is 9.54. The van der Waals surface area contributed by atoms with E-state index < -0.39 is 6.04 Å². The van der Waals surface area contributed by atoms with E-state index in [0.29, 0.717) is 0 Å². The Balaban J connectivity index is 1.71. The van der Waals surface area contributed by atoms with Crippen molar-refractivity contribution in [2.24, 2.45) is 0 Å². The zero-order valence-electron chi connectivity index (χ0n) is 14.8. The third kappa shape index (κ3) is 2.82. The number of hydrogen-bond donors (Lipinski definition) is 0. The van der Waals surface area contributed by atoms with Crippen molar-refractivity contribution in [3.63, 3.8) is 0 Å².